The number of nitrogens with one attached hydrogen (secondary N) is 1. The van der Waals surface area contributed by atoms with E-state index in [1.54, 1.807) is 0 Å². The lowest BCUT2D eigenvalue weighted by Crippen LogP contribution is -2.43. The maximum atomic E-state index is 12.6. The predicted octanol–water partition coefficient (Wildman–Crippen LogP) is 0.355. The van der Waals surface area contributed by atoms with Crippen LogP contribution in [0.5, 0.6) is 0 Å². The summed E-state index contributed by atoms with van der Waals surface area (Å²) < 4.78 is 37.8. The Labute approximate surface area is 112 Å². The molecule has 0 saturated carbocycles. The molecule has 6 nitrogen and oxygen atoms in total. The fourth-order valence-corrected chi connectivity index (χ4v) is 1.33. The summed E-state index contributed by atoms with van der Waals surface area (Å²) in [6.45, 7) is 0.180. The van der Waals surface area contributed by atoms with Gasteiger partial charge in [-0.15, -0.1) is 0 Å². The van der Waals surface area contributed by atoms with Gasteiger partial charge < -0.3 is 21.3 Å². The fraction of sp³-hybridized carbons (Fsp3) is 0.455. The minimum absolute atomic E-state index is 0.272. The number of nitrogens with two attached hydrogens (primary N) is 1. The van der Waals surface area contributed by atoms with E-state index in [0.29, 0.717) is 6.07 Å². The van der Waals surface area contributed by atoms with E-state index in [1.165, 1.54) is 6.92 Å². The first-order valence-electron chi connectivity index (χ1n) is 5.51. The van der Waals surface area contributed by atoms with Crippen LogP contribution >= 0.6 is 0 Å². The first kappa shape index (κ1) is 16.2. The Balaban J connectivity index is 3.29. The van der Waals surface area contributed by atoms with E-state index in [0.717, 1.165) is 6.07 Å². The number of primary amides is 1. The van der Waals surface area contributed by atoms with Gasteiger partial charge in [-0.25, -0.2) is 4.98 Å². The second kappa shape index (κ2) is 5.63. The van der Waals surface area contributed by atoms with Crippen molar-refractivity contribution in [1.82, 2.24) is 4.98 Å². The Morgan fingerprint density at radius 2 is 1.90 bits per heavy atom. The fourth-order valence-electron chi connectivity index (χ4n) is 1.33. The van der Waals surface area contributed by atoms with Crippen molar-refractivity contribution in [3.63, 3.8) is 0 Å². The Morgan fingerprint density at radius 1 is 1.35 bits per heavy atom. The summed E-state index contributed by atoms with van der Waals surface area (Å²) in [5.74, 6) is -1.43. The van der Waals surface area contributed by atoms with Crippen LogP contribution in [-0.2, 0) is 6.18 Å². The minimum atomic E-state index is -4.69. The lowest BCUT2D eigenvalue weighted by molar-refractivity contribution is -0.141. The van der Waals surface area contributed by atoms with Gasteiger partial charge in [0, 0.05) is 0 Å². The molecule has 0 bridgehead atoms. The molecule has 1 aromatic heterocycles. The summed E-state index contributed by atoms with van der Waals surface area (Å²) in [7, 11) is 0. The third kappa shape index (κ3) is 3.58. The molecule has 20 heavy (non-hydrogen) atoms. The van der Waals surface area contributed by atoms with Gasteiger partial charge in [0.25, 0.3) is 5.91 Å². The average Bonchev–Trinajstić information content (AvgIpc) is 2.37. The predicted molar refractivity (Wildman–Crippen MR) is 64.0 cm³/mol. The molecule has 0 aromatic carbocycles. The zero-order chi connectivity index (χ0) is 15.6. The maximum Gasteiger partial charge on any atom is 0.433 e. The summed E-state index contributed by atoms with van der Waals surface area (Å²) in [6, 6.07) is 1.51. The largest absolute Gasteiger partial charge is 0.433 e. The molecule has 0 saturated heterocycles. The molecule has 1 amide bonds. The van der Waals surface area contributed by atoms with Crippen LogP contribution in [-0.4, -0.2) is 39.9 Å². The van der Waals surface area contributed by atoms with Crippen LogP contribution in [0.2, 0.25) is 0 Å². The summed E-state index contributed by atoms with van der Waals surface area (Å²) in [5.41, 5.74) is 2.21. The molecule has 1 rings (SSSR count). The number of pyridine rings is 1. The highest BCUT2D eigenvalue weighted by molar-refractivity contribution is 5.97. The number of carbonyl (C=O) groups is 1. The normalized spacial score (nSPS) is 12.3. The molecule has 0 aliphatic rings. The van der Waals surface area contributed by atoms with Gasteiger partial charge in [-0.1, -0.05) is 0 Å². The Morgan fingerprint density at radius 3 is 2.30 bits per heavy atom. The summed E-state index contributed by atoms with van der Waals surface area (Å²) in [4.78, 5) is 14.5. The van der Waals surface area contributed by atoms with Crippen molar-refractivity contribution >= 4 is 11.7 Å². The number of hydrogen-bond donors (Lipinski definition) is 4. The number of halogens is 3. The number of hydrogen-bond acceptors (Lipinski definition) is 5. The number of carbonyl (C=O) groups excluding carboxylic acids is 1. The van der Waals surface area contributed by atoms with Gasteiger partial charge in [0.2, 0.25) is 0 Å². The number of aromatic nitrogens is 1. The number of aliphatic hydroxyl groups excluding tert-OH is 2. The zero-order valence-corrected chi connectivity index (χ0v) is 10.5. The number of aliphatic hydroxyl groups is 2. The molecule has 0 aliphatic heterocycles. The Kier molecular flexibility index (Phi) is 4.56. The van der Waals surface area contributed by atoms with Crippen molar-refractivity contribution in [2.45, 2.75) is 18.6 Å². The van der Waals surface area contributed by atoms with Crippen LogP contribution < -0.4 is 11.1 Å². The van der Waals surface area contributed by atoms with E-state index in [-0.39, 0.29) is 5.56 Å². The zero-order valence-electron chi connectivity index (χ0n) is 10.5. The summed E-state index contributed by atoms with van der Waals surface area (Å²) in [5, 5.41) is 20.6. The molecule has 9 heteroatoms. The Hall–Kier alpha value is -1.87. The van der Waals surface area contributed by atoms with Crippen molar-refractivity contribution in [3.8, 4) is 0 Å². The highest BCUT2D eigenvalue weighted by Crippen LogP contribution is 2.30. The molecule has 1 aromatic rings. The van der Waals surface area contributed by atoms with Gasteiger partial charge in [-0.3, -0.25) is 4.79 Å². The molecule has 0 aliphatic carbocycles. The SMILES string of the molecule is CC(CO)(CO)Nc1nc(C(F)(F)F)ccc1C(N)=O. The molecule has 0 spiro atoms. The first-order valence-corrected chi connectivity index (χ1v) is 5.51. The first-order chi connectivity index (χ1) is 9.13. The summed E-state index contributed by atoms with van der Waals surface area (Å²) >= 11 is 0. The number of nitrogens with zero attached hydrogens (tertiary/aromatic N) is 1. The monoisotopic (exact) mass is 293 g/mol. The van der Waals surface area contributed by atoms with E-state index < -0.39 is 42.3 Å². The third-order valence-corrected chi connectivity index (χ3v) is 2.57. The van der Waals surface area contributed by atoms with Gasteiger partial charge in [-0.2, -0.15) is 13.2 Å². The summed E-state index contributed by atoms with van der Waals surface area (Å²) in [6.07, 6.45) is -4.69. The molecular formula is C11H14F3N3O3. The van der Waals surface area contributed by atoms with Crippen LogP contribution in [0.15, 0.2) is 12.1 Å². The van der Waals surface area contributed by atoms with Crippen LogP contribution in [0.1, 0.15) is 23.0 Å². The van der Waals surface area contributed by atoms with Gasteiger partial charge in [0.05, 0.1) is 24.3 Å². The topological polar surface area (TPSA) is 108 Å². The molecule has 0 atom stereocenters. The molecule has 112 valence electrons. The van der Waals surface area contributed by atoms with E-state index in [2.05, 4.69) is 10.3 Å². The number of amides is 1. The molecule has 5 N–H and O–H groups in total. The smallest absolute Gasteiger partial charge is 0.394 e. The minimum Gasteiger partial charge on any atom is -0.394 e. The van der Waals surface area contributed by atoms with Gasteiger partial charge >= 0.3 is 6.18 Å². The standard InChI is InChI=1S/C11H14F3N3O3/c1-10(4-18,5-19)17-9-6(8(15)20)2-3-7(16-9)11(12,13)14/h2-3,18-19H,4-5H2,1H3,(H2,15,20)(H,16,17). The quantitative estimate of drug-likeness (QED) is 0.626. The lowest BCUT2D eigenvalue weighted by Gasteiger charge is -2.28. The van der Waals surface area contributed by atoms with Crippen LogP contribution in [0.25, 0.3) is 0 Å². The molecule has 0 radical (unpaired) electrons. The molecule has 1 heterocycles. The maximum absolute atomic E-state index is 12.6. The van der Waals surface area contributed by atoms with E-state index in [4.69, 9.17) is 15.9 Å². The van der Waals surface area contributed by atoms with E-state index in [9.17, 15) is 18.0 Å². The average molecular weight is 293 g/mol. The van der Waals surface area contributed by atoms with Gasteiger partial charge in [-0.05, 0) is 19.1 Å². The van der Waals surface area contributed by atoms with Crippen LogP contribution in [0.4, 0.5) is 19.0 Å². The number of rotatable bonds is 5. The van der Waals surface area contributed by atoms with Gasteiger partial charge in [0.1, 0.15) is 11.5 Å². The number of anilines is 1. The van der Waals surface area contributed by atoms with Crippen molar-refractivity contribution in [1.29, 1.82) is 0 Å². The van der Waals surface area contributed by atoms with Crippen LogP contribution in [0, 0.1) is 0 Å². The van der Waals surface area contributed by atoms with Crippen LogP contribution in [0.3, 0.4) is 0 Å². The van der Waals surface area contributed by atoms with E-state index >= 15 is 0 Å². The Bertz CT molecular complexity index is 501. The second-order valence-corrected chi connectivity index (χ2v) is 4.46. The van der Waals surface area contributed by atoms with Crippen molar-refractivity contribution in [2.24, 2.45) is 5.73 Å². The molecular weight excluding hydrogens is 279 g/mol. The van der Waals surface area contributed by atoms with Crippen molar-refractivity contribution in [2.75, 3.05) is 18.5 Å². The highest BCUT2D eigenvalue weighted by Gasteiger charge is 2.34. The van der Waals surface area contributed by atoms with Gasteiger partial charge in [0.15, 0.2) is 0 Å². The molecule has 0 unspecified atom stereocenters. The van der Waals surface area contributed by atoms with Crippen molar-refractivity contribution < 1.29 is 28.2 Å². The lowest BCUT2D eigenvalue weighted by atomic mass is 10.0. The number of alkyl halides is 3. The second-order valence-electron chi connectivity index (χ2n) is 4.46. The molecule has 0 fully saturated rings. The van der Waals surface area contributed by atoms with E-state index in [1.807, 2.05) is 0 Å². The third-order valence-electron chi connectivity index (χ3n) is 2.57. The van der Waals surface area contributed by atoms with Crippen molar-refractivity contribution in [3.05, 3.63) is 23.4 Å². The highest BCUT2D eigenvalue weighted by atomic mass is 19.4.